The van der Waals surface area contributed by atoms with Gasteiger partial charge in [-0.3, -0.25) is 0 Å². The van der Waals surface area contributed by atoms with Gasteiger partial charge in [0.25, 0.3) is 8.05 Å². The van der Waals surface area contributed by atoms with E-state index in [0.717, 1.165) is 12.8 Å². The summed E-state index contributed by atoms with van der Waals surface area (Å²) in [5.74, 6) is 1.13. The molecule has 71 valence electrons. The molecule has 0 heterocycles. The van der Waals surface area contributed by atoms with E-state index >= 15 is 0 Å². The maximum Gasteiger partial charge on any atom is 0.282 e. The molecule has 0 aromatic carbocycles. The van der Waals surface area contributed by atoms with E-state index in [-0.39, 0.29) is 44.7 Å². The third-order valence-electron chi connectivity index (χ3n) is 2.96. The van der Waals surface area contributed by atoms with Crippen LogP contribution in [0.1, 0.15) is 19.8 Å². The Morgan fingerprint density at radius 1 is 1.62 bits per heavy atom. The Bertz CT molecular complexity index is 146. The molecule has 1 saturated carbocycles. The van der Waals surface area contributed by atoms with Crippen LogP contribution in [-0.4, -0.2) is 25.9 Å². The minimum absolute atomic E-state index is 0. The van der Waals surface area contributed by atoms with Crippen LogP contribution in [0.5, 0.6) is 0 Å². The van der Waals surface area contributed by atoms with Crippen LogP contribution in [0.15, 0.2) is 0 Å². The molecule has 1 N–H and O–H groups in total. The Morgan fingerprint density at radius 3 is 2.62 bits per heavy atom. The van der Waals surface area contributed by atoms with Crippen molar-refractivity contribution in [1.82, 2.24) is 0 Å². The van der Waals surface area contributed by atoms with Crippen LogP contribution < -0.4 is 0 Å². The summed E-state index contributed by atoms with van der Waals surface area (Å²) in [6.45, 7) is 6.69. The fourth-order valence-electron chi connectivity index (χ4n) is 2.05. The van der Waals surface area contributed by atoms with E-state index in [1.54, 1.807) is 0 Å². The second-order valence-electron chi connectivity index (χ2n) is 3.77. The minimum Gasteiger partial charge on any atom is -0.448 e. The first-order valence-electron chi connectivity index (χ1n) is 4.49. The summed E-state index contributed by atoms with van der Waals surface area (Å²) in [6.07, 6.45) is 1.47. The second kappa shape index (κ2) is 6.55. The summed E-state index contributed by atoms with van der Waals surface area (Å²) in [7, 11) is 4.93. The van der Waals surface area contributed by atoms with Crippen molar-refractivity contribution in [2.45, 2.75) is 25.9 Å². The third-order valence-corrected chi connectivity index (χ3v) is 2.96. The Kier molecular flexibility index (Phi) is 7.10. The molecule has 13 heavy (non-hydrogen) atoms. The molecule has 4 atom stereocenters. The molecule has 0 bridgehead atoms. The number of rotatable bonds is 3. The van der Waals surface area contributed by atoms with Gasteiger partial charge in [-0.05, 0) is 18.8 Å². The van der Waals surface area contributed by atoms with E-state index in [9.17, 15) is 5.11 Å². The van der Waals surface area contributed by atoms with Gasteiger partial charge < -0.3 is 16.7 Å². The van der Waals surface area contributed by atoms with Gasteiger partial charge in [-0.1, -0.05) is 12.8 Å². The topological polar surface area (TPSA) is 29.5 Å². The van der Waals surface area contributed by atoms with E-state index in [1.807, 2.05) is 0 Å². The Labute approximate surface area is 107 Å². The molecule has 0 aliphatic heterocycles. The largest absolute Gasteiger partial charge is 0.448 e. The molecule has 1 aliphatic carbocycles. The molecule has 0 saturated heterocycles. The zero-order valence-corrected chi connectivity index (χ0v) is 11.0. The van der Waals surface area contributed by atoms with Crippen molar-refractivity contribution in [2.24, 2.45) is 17.8 Å². The molecule has 1 fully saturated rings. The maximum absolute atomic E-state index is 9.62. The third kappa shape index (κ3) is 3.62. The summed E-state index contributed by atoms with van der Waals surface area (Å²) in [5.41, 5.74) is 0. The Morgan fingerprint density at radius 2 is 2.23 bits per heavy atom. The summed E-state index contributed by atoms with van der Waals surface area (Å²) < 4.78 is 4.50. The number of hydrogen-bond acceptors (Lipinski definition) is 2. The summed E-state index contributed by atoms with van der Waals surface area (Å²) in [6, 6.07) is 0. The van der Waals surface area contributed by atoms with Crippen molar-refractivity contribution in [3.8, 4) is 0 Å². The normalized spacial score (nSPS) is 38.7. The van der Waals surface area contributed by atoms with Crippen LogP contribution in [0.4, 0.5) is 0 Å². The van der Waals surface area contributed by atoms with Gasteiger partial charge in [0, 0.05) is 39.3 Å². The van der Waals surface area contributed by atoms with Crippen LogP contribution >= 0.6 is 0 Å². The van der Waals surface area contributed by atoms with Crippen LogP contribution in [0.2, 0.25) is 0 Å². The van der Waals surface area contributed by atoms with Crippen molar-refractivity contribution in [3.05, 3.63) is 6.92 Å². The fourth-order valence-corrected chi connectivity index (χ4v) is 2.05. The Balaban J connectivity index is 0.00000144. The van der Waals surface area contributed by atoms with E-state index in [4.69, 9.17) is 8.05 Å². The van der Waals surface area contributed by atoms with Gasteiger partial charge in [0.1, 0.15) is 0 Å². The van der Waals surface area contributed by atoms with Gasteiger partial charge in [-0.25, -0.2) is 0 Å². The molecule has 0 amide bonds. The molecule has 0 aromatic rings. The molecule has 1 aliphatic rings. The number of aliphatic hydroxyl groups is 1. The van der Waals surface area contributed by atoms with Crippen LogP contribution in [0, 0.1) is 24.7 Å². The molecule has 4 unspecified atom stereocenters. The molecule has 0 spiro atoms. The summed E-state index contributed by atoms with van der Waals surface area (Å²) >= 11 is 0. The predicted molar refractivity (Wildman–Crippen MR) is 48.4 cm³/mol. The van der Waals surface area contributed by atoms with Gasteiger partial charge in [0.15, 0.2) is 0 Å². The first-order valence-corrected chi connectivity index (χ1v) is 4.49. The van der Waals surface area contributed by atoms with Crippen molar-refractivity contribution in [3.63, 3.8) is 0 Å². The van der Waals surface area contributed by atoms with E-state index in [2.05, 4.69) is 18.5 Å². The van der Waals surface area contributed by atoms with Crippen molar-refractivity contribution < 1.29 is 42.5 Å². The molecule has 1 rings (SSSR count). The van der Waals surface area contributed by atoms with Gasteiger partial charge in [-0.15, -0.1) is 0 Å². The summed E-state index contributed by atoms with van der Waals surface area (Å²) in [4.78, 5) is 0. The second-order valence-corrected chi connectivity index (χ2v) is 3.77. The predicted octanol–water partition coefficient (Wildman–Crippen LogP) is 0.941. The minimum atomic E-state index is -0.211. The average molecular weight is 256 g/mol. The van der Waals surface area contributed by atoms with E-state index in [0.29, 0.717) is 18.4 Å². The van der Waals surface area contributed by atoms with Gasteiger partial charge in [0.05, 0.1) is 6.10 Å². The van der Waals surface area contributed by atoms with Gasteiger partial charge in [0.2, 0.25) is 0 Å². The molecule has 4 heteroatoms. The average Bonchev–Trinajstić information content (AvgIpc) is 2.25. The van der Waals surface area contributed by atoms with E-state index < -0.39 is 0 Å². The fraction of sp³-hybridized carbons (Fsp3) is 0.889. The summed E-state index contributed by atoms with van der Waals surface area (Å²) in [5, 5.41) is 9.62. The molecule has 3 radical (unpaired) electrons. The number of aliphatic hydroxyl groups excluding tert-OH is 1. The maximum atomic E-state index is 9.62. The first kappa shape index (κ1) is 14.1. The first-order chi connectivity index (χ1) is 5.66. The molecular weight excluding hydrogens is 240 g/mol. The molecule has 0 aromatic heterocycles. The SMILES string of the molecule is [B]OCCC1C(O)CC(C)C1[CH2-].[Y]. The zero-order valence-electron chi connectivity index (χ0n) is 8.15. The Hall–Kier alpha value is 1.09. The van der Waals surface area contributed by atoms with E-state index in [1.165, 1.54) is 0 Å². The van der Waals surface area contributed by atoms with Crippen LogP contribution in [0.3, 0.4) is 0 Å². The van der Waals surface area contributed by atoms with Crippen molar-refractivity contribution in [1.29, 1.82) is 0 Å². The van der Waals surface area contributed by atoms with Gasteiger partial charge >= 0.3 is 0 Å². The van der Waals surface area contributed by atoms with Crippen molar-refractivity contribution in [2.75, 3.05) is 6.61 Å². The van der Waals surface area contributed by atoms with Gasteiger partial charge in [-0.2, -0.15) is 5.92 Å². The zero-order chi connectivity index (χ0) is 9.14. The smallest absolute Gasteiger partial charge is 0.282 e. The molecular formula is C9H16BO2Y-. The molecule has 2 nitrogen and oxygen atoms in total. The van der Waals surface area contributed by atoms with Crippen molar-refractivity contribution >= 4 is 8.05 Å². The monoisotopic (exact) mass is 256 g/mol. The van der Waals surface area contributed by atoms with Crippen LogP contribution in [0.25, 0.3) is 0 Å². The van der Waals surface area contributed by atoms with Crippen LogP contribution in [-0.2, 0) is 37.4 Å². The quantitative estimate of drug-likeness (QED) is 0.601. The standard InChI is InChI=1S/C9H16BO2.Y/c1-6-5-9(11)8(7(6)2)3-4-12-10;/h6-9,11H,2-5H2,1H3;/q-1;. The number of hydrogen-bond donors (Lipinski definition) is 1.